The first-order valence-electron chi connectivity index (χ1n) is 10.1. The molecule has 1 N–H and O–H groups in total. The molecule has 7 heteroatoms. The highest BCUT2D eigenvalue weighted by Gasteiger charge is 2.22. The van der Waals surface area contributed by atoms with E-state index in [4.69, 9.17) is 19.2 Å². The van der Waals surface area contributed by atoms with E-state index in [1.165, 1.54) is 11.1 Å². The number of nitrogens with zero attached hydrogens (tertiary/aromatic N) is 2. The topological polar surface area (TPSA) is 74.6 Å². The molecule has 29 heavy (non-hydrogen) atoms. The molecule has 0 spiro atoms. The van der Waals surface area contributed by atoms with Gasteiger partial charge in [-0.3, -0.25) is 9.36 Å². The van der Waals surface area contributed by atoms with Gasteiger partial charge in [0.05, 0.1) is 37.6 Å². The number of rotatable bonds is 9. The number of aryl methyl sites for hydroxylation is 3. The van der Waals surface area contributed by atoms with Gasteiger partial charge in [0.15, 0.2) is 0 Å². The lowest BCUT2D eigenvalue weighted by atomic mass is 10.0. The molecule has 0 amide bonds. The SMILES string of the molecule is CCc1nc(-c2cc3c(cc2OC)CCC3)n(C)c(=O)c1NC(COC)COC. The normalized spacial score (nSPS) is 13.0. The van der Waals surface area contributed by atoms with Crippen molar-refractivity contribution in [2.24, 2.45) is 7.05 Å². The summed E-state index contributed by atoms with van der Waals surface area (Å²) in [4.78, 5) is 18.1. The summed E-state index contributed by atoms with van der Waals surface area (Å²) in [5.74, 6) is 1.38. The fourth-order valence-electron chi connectivity index (χ4n) is 3.97. The Kier molecular flexibility index (Phi) is 6.92. The first-order valence-corrected chi connectivity index (χ1v) is 10.1. The minimum atomic E-state index is -0.134. The van der Waals surface area contributed by atoms with Crippen LogP contribution in [0.1, 0.15) is 30.2 Å². The highest BCUT2D eigenvalue weighted by Crippen LogP contribution is 2.35. The van der Waals surface area contributed by atoms with Crippen molar-refractivity contribution >= 4 is 5.69 Å². The molecule has 3 rings (SSSR count). The van der Waals surface area contributed by atoms with Crippen molar-refractivity contribution in [2.45, 2.75) is 38.6 Å². The summed E-state index contributed by atoms with van der Waals surface area (Å²) in [6.45, 7) is 2.86. The summed E-state index contributed by atoms with van der Waals surface area (Å²) >= 11 is 0. The Labute approximate surface area is 172 Å². The smallest absolute Gasteiger partial charge is 0.277 e. The molecule has 0 atom stereocenters. The molecule has 1 aliphatic carbocycles. The second kappa shape index (κ2) is 9.41. The first kappa shape index (κ1) is 21.3. The van der Waals surface area contributed by atoms with Crippen LogP contribution in [0.4, 0.5) is 5.69 Å². The van der Waals surface area contributed by atoms with Crippen molar-refractivity contribution in [1.82, 2.24) is 9.55 Å². The molecule has 0 radical (unpaired) electrons. The first-order chi connectivity index (χ1) is 14.0. The molecule has 7 nitrogen and oxygen atoms in total. The minimum absolute atomic E-state index is 0.119. The fourth-order valence-corrected chi connectivity index (χ4v) is 3.97. The van der Waals surface area contributed by atoms with Crippen LogP contribution in [-0.4, -0.2) is 50.1 Å². The van der Waals surface area contributed by atoms with Gasteiger partial charge in [0.2, 0.25) is 0 Å². The summed E-state index contributed by atoms with van der Waals surface area (Å²) in [6.07, 6.45) is 3.90. The summed E-state index contributed by atoms with van der Waals surface area (Å²) in [5.41, 5.74) is 4.61. The van der Waals surface area contributed by atoms with Crippen molar-refractivity contribution in [3.05, 3.63) is 39.3 Å². The van der Waals surface area contributed by atoms with Gasteiger partial charge in [-0.05, 0) is 48.9 Å². The van der Waals surface area contributed by atoms with E-state index in [0.717, 1.165) is 36.3 Å². The summed E-state index contributed by atoms with van der Waals surface area (Å²) in [5, 5.41) is 3.28. The number of hydrogen-bond donors (Lipinski definition) is 1. The second-order valence-electron chi connectivity index (χ2n) is 7.40. The Morgan fingerprint density at radius 1 is 1.14 bits per heavy atom. The minimum Gasteiger partial charge on any atom is -0.496 e. The molecule has 1 aromatic carbocycles. The molecule has 158 valence electrons. The molecule has 0 saturated heterocycles. The molecule has 0 bridgehead atoms. The lowest BCUT2D eigenvalue weighted by Gasteiger charge is -2.21. The molecule has 0 saturated carbocycles. The lowest BCUT2D eigenvalue weighted by molar-refractivity contribution is 0.126. The fraction of sp³-hybridized carbons (Fsp3) is 0.545. The van der Waals surface area contributed by atoms with Crippen molar-refractivity contribution in [1.29, 1.82) is 0 Å². The van der Waals surface area contributed by atoms with E-state index in [1.54, 1.807) is 32.9 Å². The largest absolute Gasteiger partial charge is 0.496 e. The average molecular weight is 402 g/mol. The van der Waals surface area contributed by atoms with Crippen LogP contribution >= 0.6 is 0 Å². The zero-order valence-electron chi connectivity index (χ0n) is 18.0. The Bertz CT molecular complexity index is 917. The number of benzene rings is 1. The zero-order valence-corrected chi connectivity index (χ0v) is 18.0. The molecule has 1 aliphatic rings. The number of nitrogens with one attached hydrogen (secondary N) is 1. The summed E-state index contributed by atoms with van der Waals surface area (Å²) in [6, 6.07) is 4.09. The van der Waals surface area contributed by atoms with Crippen molar-refractivity contribution in [3.8, 4) is 17.1 Å². The molecule has 1 aromatic heterocycles. The number of methoxy groups -OCH3 is 3. The number of ether oxygens (including phenoxy) is 3. The van der Waals surface area contributed by atoms with Crippen molar-refractivity contribution in [2.75, 3.05) is 39.9 Å². The highest BCUT2D eigenvalue weighted by molar-refractivity contribution is 5.69. The molecule has 0 aliphatic heterocycles. The van der Waals surface area contributed by atoms with Gasteiger partial charge in [-0.25, -0.2) is 4.98 Å². The standard InChI is InChI=1S/C22H31N3O4/c1-6-18-20(23-16(12-27-3)13-28-4)22(26)25(2)21(24-18)17-10-14-8-7-9-15(14)11-19(17)29-5/h10-11,16,23H,6-9,12-13H2,1-5H3. The van der Waals surface area contributed by atoms with Crippen LogP contribution in [0.2, 0.25) is 0 Å². The lowest BCUT2D eigenvalue weighted by Crippen LogP contribution is -2.35. The predicted octanol–water partition coefficient (Wildman–Crippen LogP) is 2.58. The Morgan fingerprint density at radius 2 is 1.79 bits per heavy atom. The number of anilines is 1. The summed E-state index contributed by atoms with van der Waals surface area (Å²) in [7, 11) is 6.67. The van der Waals surface area contributed by atoms with E-state index in [-0.39, 0.29) is 11.6 Å². The van der Waals surface area contributed by atoms with E-state index < -0.39 is 0 Å². The van der Waals surface area contributed by atoms with Gasteiger partial charge in [0, 0.05) is 21.3 Å². The average Bonchev–Trinajstić information content (AvgIpc) is 3.18. The van der Waals surface area contributed by atoms with Crippen LogP contribution in [-0.2, 0) is 35.8 Å². The second-order valence-corrected chi connectivity index (χ2v) is 7.40. The van der Waals surface area contributed by atoms with Crippen LogP contribution in [0.25, 0.3) is 11.4 Å². The molecule has 1 heterocycles. The van der Waals surface area contributed by atoms with E-state index in [2.05, 4.69) is 17.4 Å². The van der Waals surface area contributed by atoms with Gasteiger partial charge >= 0.3 is 0 Å². The molecular weight excluding hydrogens is 370 g/mol. The van der Waals surface area contributed by atoms with Gasteiger partial charge in [0.1, 0.15) is 17.3 Å². The summed E-state index contributed by atoms with van der Waals surface area (Å²) < 4.78 is 17.7. The Hall–Kier alpha value is -2.38. The maximum atomic E-state index is 13.3. The number of fused-ring (bicyclic) bond motifs is 1. The quantitative estimate of drug-likeness (QED) is 0.696. The zero-order chi connectivity index (χ0) is 21.0. The molecule has 0 unspecified atom stereocenters. The maximum absolute atomic E-state index is 13.3. The van der Waals surface area contributed by atoms with E-state index in [9.17, 15) is 4.79 Å². The highest BCUT2D eigenvalue weighted by atomic mass is 16.5. The van der Waals surface area contributed by atoms with Gasteiger partial charge in [-0.15, -0.1) is 0 Å². The maximum Gasteiger partial charge on any atom is 0.277 e. The van der Waals surface area contributed by atoms with Gasteiger partial charge in [-0.2, -0.15) is 0 Å². The van der Waals surface area contributed by atoms with Crippen LogP contribution in [0.15, 0.2) is 16.9 Å². The van der Waals surface area contributed by atoms with Crippen molar-refractivity contribution < 1.29 is 14.2 Å². The van der Waals surface area contributed by atoms with Crippen LogP contribution in [0, 0.1) is 0 Å². The third kappa shape index (κ3) is 4.31. The number of hydrogen-bond acceptors (Lipinski definition) is 6. The van der Waals surface area contributed by atoms with Crippen LogP contribution in [0.3, 0.4) is 0 Å². The molecule has 0 fully saturated rings. The molecule has 2 aromatic rings. The van der Waals surface area contributed by atoms with Crippen molar-refractivity contribution in [3.63, 3.8) is 0 Å². The predicted molar refractivity (Wildman–Crippen MR) is 114 cm³/mol. The number of aromatic nitrogens is 2. The Morgan fingerprint density at radius 3 is 2.38 bits per heavy atom. The third-order valence-electron chi connectivity index (χ3n) is 5.44. The van der Waals surface area contributed by atoms with Gasteiger partial charge in [-0.1, -0.05) is 6.92 Å². The monoisotopic (exact) mass is 401 g/mol. The van der Waals surface area contributed by atoms with E-state index in [0.29, 0.717) is 31.1 Å². The van der Waals surface area contributed by atoms with Gasteiger partial charge < -0.3 is 19.5 Å². The van der Waals surface area contributed by atoms with E-state index >= 15 is 0 Å². The van der Waals surface area contributed by atoms with E-state index in [1.807, 2.05) is 6.92 Å². The van der Waals surface area contributed by atoms with Crippen LogP contribution < -0.4 is 15.6 Å². The van der Waals surface area contributed by atoms with Crippen LogP contribution in [0.5, 0.6) is 5.75 Å². The third-order valence-corrected chi connectivity index (χ3v) is 5.44. The molecular formula is C22H31N3O4. The Balaban J connectivity index is 2.09. The van der Waals surface area contributed by atoms with Gasteiger partial charge in [0.25, 0.3) is 5.56 Å².